The average Bonchev–Trinajstić information content (AvgIpc) is 3.27. The lowest BCUT2D eigenvalue weighted by Crippen LogP contribution is -2.41. The third-order valence-corrected chi connectivity index (χ3v) is 7.02. The van der Waals surface area contributed by atoms with E-state index >= 15 is 0 Å². The second-order valence-electron chi connectivity index (χ2n) is 7.63. The van der Waals surface area contributed by atoms with Crippen LogP contribution in [0.25, 0.3) is 0 Å². The van der Waals surface area contributed by atoms with Gasteiger partial charge in [0.2, 0.25) is 0 Å². The molecule has 17 heavy (non-hydrogen) atoms. The summed E-state index contributed by atoms with van der Waals surface area (Å²) < 4.78 is 0. The van der Waals surface area contributed by atoms with Crippen LogP contribution in [0.5, 0.6) is 0 Å². The van der Waals surface area contributed by atoms with Crippen molar-refractivity contribution in [2.45, 2.75) is 83.5 Å². The van der Waals surface area contributed by atoms with Gasteiger partial charge in [-0.05, 0) is 74.0 Å². The van der Waals surface area contributed by atoms with E-state index in [4.69, 9.17) is 0 Å². The quantitative estimate of drug-likeness (QED) is 0.618. The number of rotatable bonds is 3. The number of hydrogen-bond acceptors (Lipinski definition) is 0. The summed E-state index contributed by atoms with van der Waals surface area (Å²) in [6, 6.07) is 0. The van der Waals surface area contributed by atoms with E-state index in [1.54, 1.807) is 77.0 Å². The molecule has 0 spiro atoms. The predicted molar refractivity (Wildman–Crippen MR) is 71.9 cm³/mol. The first-order chi connectivity index (χ1) is 8.37. The van der Waals surface area contributed by atoms with Gasteiger partial charge < -0.3 is 0 Å². The van der Waals surface area contributed by atoms with Gasteiger partial charge in [-0.15, -0.1) is 0 Å². The van der Waals surface area contributed by atoms with Crippen LogP contribution in [0.4, 0.5) is 0 Å². The molecule has 4 aliphatic carbocycles. The van der Waals surface area contributed by atoms with Crippen molar-refractivity contribution in [2.24, 2.45) is 22.7 Å². The molecule has 0 unspecified atom stereocenters. The lowest BCUT2D eigenvalue weighted by molar-refractivity contribution is -0.00427. The summed E-state index contributed by atoms with van der Waals surface area (Å²) in [7, 11) is 0. The summed E-state index contributed by atoms with van der Waals surface area (Å²) in [6.07, 6.45) is 20.6. The highest BCUT2D eigenvalue weighted by Crippen LogP contribution is 2.76. The van der Waals surface area contributed by atoms with E-state index in [9.17, 15) is 0 Å². The topological polar surface area (TPSA) is 0 Å². The molecule has 0 aromatic rings. The van der Waals surface area contributed by atoms with Gasteiger partial charge in [0.1, 0.15) is 0 Å². The van der Waals surface area contributed by atoms with Gasteiger partial charge in [0, 0.05) is 0 Å². The van der Waals surface area contributed by atoms with Crippen molar-refractivity contribution in [3.8, 4) is 0 Å². The van der Waals surface area contributed by atoms with Gasteiger partial charge in [-0.3, -0.25) is 0 Å². The molecule has 0 bridgehead atoms. The first kappa shape index (κ1) is 10.9. The van der Waals surface area contributed by atoms with Crippen molar-refractivity contribution in [1.29, 1.82) is 0 Å². The van der Waals surface area contributed by atoms with Crippen LogP contribution >= 0.6 is 0 Å². The number of hydrogen-bond donors (Lipinski definition) is 0. The van der Waals surface area contributed by atoms with E-state index in [0.717, 1.165) is 16.7 Å². The largest absolute Gasteiger partial charge is 0.0533 e. The minimum atomic E-state index is 0.850. The van der Waals surface area contributed by atoms with Crippen molar-refractivity contribution in [3.05, 3.63) is 0 Å². The molecule has 0 nitrogen and oxygen atoms in total. The van der Waals surface area contributed by atoms with Gasteiger partial charge in [0.15, 0.2) is 0 Å². The molecule has 4 fully saturated rings. The van der Waals surface area contributed by atoms with Gasteiger partial charge in [-0.25, -0.2) is 0 Å². The predicted octanol–water partition coefficient (Wildman–Crippen LogP) is 5.32. The zero-order valence-corrected chi connectivity index (χ0v) is 11.3. The molecule has 4 aliphatic rings. The summed E-state index contributed by atoms with van der Waals surface area (Å²) >= 11 is 0. The van der Waals surface area contributed by atoms with Gasteiger partial charge in [0.25, 0.3) is 0 Å². The van der Waals surface area contributed by atoms with Gasteiger partial charge in [-0.1, -0.05) is 32.1 Å². The van der Waals surface area contributed by atoms with Crippen molar-refractivity contribution < 1.29 is 0 Å². The van der Waals surface area contributed by atoms with Crippen molar-refractivity contribution in [3.63, 3.8) is 0 Å². The molecule has 96 valence electrons. The molecule has 0 aromatic carbocycles. The zero-order valence-electron chi connectivity index (χ0n) is 11.3. The summed E-state index contributed by atoms with van der Waals surface area (Å²) in [5.74, 6) is 2.33. The molecular weight excluding hydrogens is 204 g/mol. The molecular formula is C17H28. The van der Waals surface area contributed by atoms with Crippen molar-refractivity contribution in [1.82, 2.24) is 0 Å². The van der Waals surface area contributed by atoms with Crippen LogP contribution < -0.4 is 0 Å². The molecule has 0 heterocycles. The Hall–Kier alpha value is 0. The highest BCUT2D eigenvalue weighted by molar-refractivity contribution is 5.16. The van der Waals surface area contributed by atoms with Crippen LogP contribution in [0.15, 0.2) is 0 Å². The summed E-state index contributed by atoms with van der Waals surface area (Å²) in [6.45, 7) is 0. The monoisotopic (exact) mass is 232 g/mol. The van der Waals surface area contributed by atoms with E-state index in [0.29, 0.717) is 0 Å². The Bertz CT molecular complexity index is 283. The Labute approximate surface area is 107 Å². The van der Waals surface area contributed by atoms with E-state index in [-0.39, 0.29) is 0 Å². The van der Waals surface area contributed by atoms with Gasteiger partial charge >= 0.3 is 0 Å². The smallest absolute Gasteiger partial charge is 0.0210 e. The minimum Gasteiger partial charge on any atom is -0.0533 e. The first-order valence-electron chi connectivity index (χ1n) is 8.37. The van der Waals surface area contributed by atoms with Gasteiger partial charge in [-0.2, -0.15) is 0 Å². The molecule has 0 radical (unpaired) electrons. The second kappa shape index (κ2) is 3.75. The molecule has 0 heteroatoms. The first-order valence-corrected chi connectivity index (χ1v) is 8.37. The fourth-order valence-electron chi connectivity index (χ4n) is 6.06. The Kier molecular flexibility index (Phi) is 2.40. The third kappa shape index (κ3) is 1.48. The fraction of sp³-hybridized carbons (Fsp3) is 1.00. The molecule has 4 rings (SSSR count). The summed E-state index contributed by atoms with van der Waals surface area (Å²) in [5.41, 5.74) is 1.74. The molecule has 0 N–H and O–H groups in total. The summed E-state index contributed by atoms with van der Waals surface area (Å²) in [4.78, 5) is 0. The SMILES string of the molecule is C1CCC(C2CCCC2)(C2(C3CC3)CC2)CC1. The van der Waals surface area contributed by atoms with Crippen molar-refractivity contribution >= 4 is 0 Å². The molecule has 0 atom stereocenters. The van der Waals surface area contributed by atoms with Gasteiger partial charge in [0.05, 0.1) is 0 Å². The molecule has 4 saturated carbocycles. The minimum absolute atomic E-state index is 0.850. The Morgan fingerprint density at radius 1 is 0.471 bits per heavy atom. The maximum Gasteiger partial charge on any atom is -0.0210 e. The standard InChI is InChI=1S/C17H28/c1-4-10-16(11-5-1,14-6-2-3-7-14)17(12-13-17)15-8-9-15/h14-15H,1-13H2. The molecule has 0 aromatic heterocycles. The van der Waals surface area contributed by atoms with E-state index in [2.05, 4.69) is 0 Å². The van der Waals surface area contributed by atoms with E-state index < -0.39 is 0 Å². The lowest BCUT2D eigenvalue weighted by atomic mass is 9.55. The van der Waals surface area contributed by atoms with Crippen LogP contribution in [0.3, 0.4) is 0 Å². The van der Waals surface area contributed by atoms with Crippen molar-refractivity contribution in [2.75, 3.05) is 0 Å². The van der Waals surface area contributed by atoms with Crippen LogP contribution in [0.2, 0.25) is 0 Å². The van der Waals surface area contributed by atoms with E-state index in [1.165, 1.54) is 12.3 Å². The van der Waals surface area contributed by atoms with Crippen LogP contribution in [-0.2, 0) is 0 Å². The normalized spacial score (nSPS) is 36.0. The molecule has 0 saturated heterocycles. The Morgan fingerprint density at radius 2 is 1.00 bits per heavy atom. The highest BCUT2D eigenvalue weighted by atomic mass is 14.7. The van der Waals surface area contributed by atoms with Crippen LogP contribution in [0, 0.1) is 22.7 Å². The molecule has 0 aliphatic heterocycles. The zero-order chi connectivity index (χ0) is 11.3. The van der Waals surface area contributed by atoms with Crippen LogP contribution in [-0.4, -0.2) is 0 Å². The average molecular weight is 232 g/mol. The maximum absolute atomic E-state index is 1.62. The third-order valence-electron chi connectivity index (χ3n) is 7.02. The maximum atomic E-state index is 1.62. The fourth-order valence-corrected chi connectivity index (χ4v) is 6.06. The molecule has 0 amide bonds. The Morgan fingerprint density at radius 3 is 1.53 bits per heavy atom. The lowest BCUT2D eigenvalue weighted by Gasteiger charge is -2.49. The van der Waals surface area contributed by atoms with Crippen LogP contribution in [0.1, 0.15) is 83.5 Å². The van der Waals surface area contributed by atoms with E-state index in [1.807, 2.05) is 0 Å². The Balaban J connectivity index is 1.66. The summed E-state index contributed by atoms with van der Waals surface area (Å²) in [5, 5.41) is 0. The second-order valence-corrected chi connectivity index (χ2v) is 7.63. The highest BCUT2D eigenvalue weighted by Gasteiger charge is 2.66.